The molecular weight excluding hydrogens is 296 g/mol. The second kappa shape index (κ2) is 6.04. The molecule has 0 aliphatic carbocycles. The first-order chi connectivity index (χ1) is 11.1. The summed E-state index contributed by atoms with van der Waals surface area (Å²) in [7, 11) is 3.03. The van der Waals surface area contributed by atoms with Gasteiger partial charge in [0.15, 0.2) is 17.3 Å². The third-order valence-corrected chi connectivity index (χ3v) is 3.65. The zero-order chi connectivity index (χ0) is 16.4. The Morgan fingerprint density at radius 1 is 1.13 bits per heavy atom. The summed E-state index contributed by atoms with van der Waals surface area (Å²) in [6.07, 6.45) is 1.73. The molecule has 1 N–H and O–H groups in total. The lowest BCUT2D eigenvalue weighted by Crippen LogP contribution is -2.19. The van der Waals surface area contributed by atoms with Crippen molar-refractivity contribution in [3.8, 4) is 23.0 Å². The summed E-state index contributed by atoms with van der Waals surface area (Å²) in [5.41, 5.74) is 1.75. The highest BCUT2D eigenvalue weighted by molar-refractivity contribution is 6.14. The minimum Gasteiger partial charge on any atom is -0.504 e. The van der Waals surface area contributed by atoms with Gasteiger partial charge in [-0.1, -0.05) is 6.07 Å². The molecule has 0 amide bonds. The SMILES string of the molecule is COc1ccc2c(c1)C(=O)C(=Cc1ccc(O)c(OC)c1)CO2. The van der Waals surface area contributed by atoms with Gasteiger partial charge in [-0.15, -0.1) is 0 Å². The van der Waals surface area contributed by atoms with E-state index in [-0.39, 0.29) is 18.1 Å². The molecule has 5 nitrogen and oxygen atoms in total. The fourth-order valence-corrected chi connectivity index (χ4v) is 2.43. The smallest absolute Gasteiger partial charge is 0.196 e. The monoisotopic (exact) mass is 312 g/mol. The Kier molecular flexibility index (Phi) is 3.93. The molecule has 0 spiro atoms. The molecule has 1 aliphatic rings. The van der Waals surface area contributed by atoms with Crippen molar-refractivity contribution in [1.82, 2.24) is 0 Å². The maximum atomic E-state index is 12.6. The molecule has 23 heavy (non-hydrogen) atoms. The van der Waals surface area contributed by atoms with Crippen molar-refractivity contribution < 1.29 is 24.1 Å². The van der Waals surface area contributed by atoms with Crippen molar-refractivity contribution in [2.45, 2.75) is 0 Å². The van der Waals surface area contributed by atoms with Gasteiger partial charge in [0.1, 0.15) is 18.1 Å². The van der Waals surface area contributed by atoms with E-state index < -0.39 is 0 Å². The molecule has 118 valence electrons. The van der Waals surface area contributed by atoms with E-state index in [0.717, 1.165) is 5.56 Å². The van der Waals surface area contributed by atoms with Gasteiger partial charge in [0.25, 0.3) is 0 Å². The van der Waals surface area contributed by atoms with Gasteiger partial charge >= 0.3 is 0 Å². The van der Waals surface area contributed by atoms with Crippen LogP contribution in [0.1, 0.15) is 15.9 Å². The molecule has 0 fully saturated rings. The van der Waals surface area contributed by atoms with Crippen LogP contribution < -0.4 is 14.2 Å². The number of hydrogen-bond acceptors (Lipinski definition) is 5. The van der Waals surface area contributed by atoms with Crippen LogP contribution in [-0.4, -0.2) is 31.7 Å². The summed E-state index contributed by atoms with van der Waals surface area (Å²) in [5.74, 6) is 1.46. The summed E-state index contributed by atoms with van der Waals surface area (Å²) in [6.45, 7) is 0.196. The maximum absolute atomic E-state index is 12.6. The van der Waals surface area contributed by atoms with Gasteiger partial charge in [-0.2, -0.15) is 0 Å². The van der Waals surface area contributed by atoms with Gasteiger partial charge < -0.3 is 19.3 Å². The molecule has 0 radical (unpaired) electrons. The molecule has 0 saturated heterocycles. The Labute approximate surface area is 133 Å². The predicted molar refractivity (Wildman–Crippen MR) is 85.5 cm³/mol. The van der Waals surface area contributed by atoms with E-state index in [1.54, 1.807) is 43.5 Å². The number of carbonyl (C=O) groups is 1. The summed E-state index contributed by atoms with van der Waals surface area (Å²) in [5, 5.41) is 9.63. The number of hydrogen-bond donors (Lipinski definition) is 1. The summed E-state index contributed by atoms with van der Waals surface area (Å²) in [6, 6.07) is 10.0. The third kappa shape index (κ3) is 2.85. The zero-order valence-corrected chi connectivity index (χ0v) is 12.8. The summed E-state index contributed by atoms with van der Waals surface area (Å²) < 4.78 is 15.9. The van der Waals surface area contributed by atoms with Gasteiger partial charge in [-0.3, -0.25) is 4.79 Å². The number of phenols is 1. The molecule has 2 aromatic rings. The van der Waals surface area contributed by atoms with Crippen LogP contribution in [0, 0.1) is 0 Å². The second-order valence-corrected chi connectivity index (χ2v) is 5.08. The quantitative estimate of drug-likeness (QED) is 0.882. The first kappa shape index (κ1) is 15.0. The summed E-state index contributed by atoms with van der Waals surface area (Å²) >= 11 is 0. The fourth-order valence-electron chi connectivity index (χ4n) is 2.43. The van der Waals surface area contributed by atoms with Gasteiger partial charge in [0.2, 0.25) is 0 Å². The number of ketones is 1. The Morgan fingerprint density at radius 2 is 1.96 bits per heavy atom. The molecule has 0 aromatic heterocycles. The van der Waals surface area contributed by atoms with Crippen molar-refractivity contribution >= 4 is 11.9 Å². The van der Waals surface area contributed by atoms with Crippen molar-refractivity contribution in [1.29, 1.82) is 0 Å². The van der Waals surface area contributed by atoms with Crippen LogP contribution in [-0.2, 0) is 0 Å². The van der Waals surface area contributed by atoms with Crippen LogP contribution in [0.5, 0.6) is 23.0 Å². The number of ether oxygens (including phenoxy) is 3. The number of aromatic hydroxyl groups is 1. The topological polar surface area (TPSA) is 65.0 Å². The largest absolute Gasteiger partial charge is 0.504 e. The van der Waals surface area contributed by atoms with E-state index in [4.69, 9.17) is 14.2 Å². The fraction of sp³-hybridized carbons (Fsp3) is 0.167. The van der Waals surface area contributed by atoms with Gasteiger partial charge in [0.05, 0.1) is 19.8 Å². The number of methoxy groups -OCH3 is 2. The highest BCUT2D eigenvalue weighted by Gasteiger charge is 2.24. The molecule has 0 unspecified atom stereocenters. The number of Topliss-reactive ketones (excluding diaryl/α,β-unsaturated/α-hetero) is 1. The Balaban J connectivity index is 1.96. The van der Waals surface area contributed by atoms with E-state index in [1.807, 2.05) is 0 Å². The van der Waals surface area contributed by atoms with Crippen LogP contribution in [0.15, 0.2) is 42.0 Å². The molecule has 2 aromatic carbocycles. The van der Waals surface area contributed by atoms with Crippen LogP contribution in [0.25, 0.3) is 6.08 Å². The summed E-state index contributed by atoms with van der Waals surface area (Å²) in [4.78, 5) is 12.6. The number of carbonyl (C=O) groups excluding carboxylic acids is 1. The Hall–Kier alpha value is -2.95. The number of benzene rings is 2. The molecule has 0 atom stereocenters. The third-order valence-electron chi connectivity index (χ3n) is 3.65. The Morgan fingerprint density at radius 3 is 2.70 bits per heavy atom. The van der Waals surface area contributed by atoms with Crippen LogP contribution in [0.3, 0.4) is 0 Å². The van der Waals surface area contributed by atoms with Crippen LogP contribution in [0.2, 0.25) is 0 Å². The van der Waals surface area contributed by atoms with Gasteiger partial charge in [-0.05, 0) is 42.0 Å². The highest BCUT2D eigenvalue weighted by Crippen LogP contribution is 2.32. The molecule has 3 rings (SSSR count). The predicted octanol–water partition coefficient (Wildman–Crippen LogP) is 3.07. The lowest BCUT2D eigenvalue weighted by atomic mass is 9.98. The van der Waals surface area contributed by atoms with Gasteiger partial charge in [0, 0.05) is 5.57 Å². The van der Waals surface area contributed by atoms with E-state index in [9.17, 15) is 9.90 Å². The molecule has 0 bridgehead atoms. The molecule has 1 aliphatic heterocycles. The zero-order valence-electron chi connectivity index (χ0n) is 12.8. The molecular formula is C18H16O5. The molecule has 5 heteroatoms. The molecule has 1 heterocycles. The van der Waals surface area contributed by atoms with Crippen molar-refractivity contribution in [2.24, 2.45) is 0 Å². The number of phenolic OH excluding ortho intramolecular Hbond substituents is 1. The molecule has 0 saturated carbocycles. The lowest BCUT2D eigenvalue weighted by Gasteiger charge is -2.19. The average molecular weight is 312 g/mol. The van der Waals surface area contributed by atoms with Crippen molar-refractivity contribution in [3.05, 3.63) is 53.1 Å². The van der Waals surface area contributed by atoms with Crippen LogP contribution >= 0.6 is 0 Å². The van der Waals surface area contributed by atoms with E-state index in [0.29, 0.717) is 28.4 Å². The van der Waals surface area contributed by atoms with Crippen molar-refractivity contribution in [3.63, 3.8) is 0 Å². The normalized spacial score (nSPS) is 15.0. The van der Waals surface area contributed by atoms with E-state index >= 15 is 0 Å². The van der Waals surface area contributed by atoms with E-state index in [1.165, 1.54) is 13.2 Å². The van der Waals surface area contributed by atoms with Gasteiger partial charge in [-0.25, -0.2) is 0 Å². The maximum Gasteiger partial charge on any atom is 0.196 e. The first-order valence-electron chi connectivity index (χ1n) is 7.05. The minimum atomic E-state index is -0.0998. The average Bonchev–Trinajstić information content (AvgIpc) is 2.58. The first-order valence-corrected chi connectivity index (χ1v) is 7.05. The van der Waals surface area contributed by atoms with Crippen LogP contribution in [0.4, 0.5) is 0 Å². The number of fused-ring (bicyclic) bond motifs is 1. The Bertz CT molecular complexity index is 792. The minimum absolute atomic E-state index is 0.0518. The second-order valence-electron chi connectivity index (χ2n) is 5.08. The number of rotatable bonds is 3. The van der Waals surface area contributed by atoms with E-state index in [2.05, 4.69) is 0 Å². The van der Waals surface area contributed by atoms with Crippen molar-refractivity contribution in [2.75, 3.05) is 20.8 Å². The standard InChI is InChI=1S/C18H16O5/c1-21-13-4-6-16-14(9-13)18(20)12(10-23-16)7-11-3-5-15(19)17(8-11)22-2/h3-9,19H,10H2,1-2H3. The highest BCUT2D eigenvalue weighted by atomic mass is 16.5. The lowest BCUT2D eigenvalue weighted by molar-refractivity contribution is 0.100.